The van der Waals surface area contributed by atoms with Crippen LogP contribution in [0.4, 0.5) is 0 Å². The molecule has 0 aromatic carbocycles. The molecule has 16 N–H and O–H groups in total. The van der Waals surface area contributed by atoms with Crippen molar-refractivity contribution in [2.75, 3.05) is 149 Å². The summed E-state index contributed by atoms with van der Waals surface area (Å²) in [5, 5.41) is 48.1. The largest absolute Gasteiger partial charge is 0.395 e. The van der Waals surface area contributed by atoms with Crippen molar-refractivity contribution in [3.05, 3.63) is 0 Å². The van der Waals surface area contributed by atoms with Crippen LogP contribution in [0, 0.1) is 65.1 Å². The van der Waals surface area contributed by atoms with E-state index in [4.69, 9.17) is 46.7 Å². The first-order valence-corrected chi connectivity index (χ1v) is 53.9. The van der Waals surface area contributed by atoms with Crippen LogP contribution < -0.4 is 54.4 Å². The van der Waals surface area contributed by atoms with Gasteiger partial charge in [-0.3, -0.25) is 0 Å². The van der Waals surface area contributed by atoms with Crippen molar-refractivity contribution in [2.24, 2.45) is 82.3 Å². The van der Waals surface area contributed by atoms with E-state index in [9.17, 15) is 0 Å². The summed E-state index contributed by atoms with van der Waals surface area (Å²) in [5.74, 6) is 8.39. The number of nitrogens with one attached hydrogen (secondary N) is 7. The van der Waals surface area contributed by atoms with Gasteiger partial charge in [-0.25, -0.2) is 0 Å². The Morgan fingerprint density at radius 2 is 0.641 bits per heavy atom. The third kappa shape index (κ3) is 370. The summed E-state index contributed by atoms with van der Waals surface area (Å²) in [5.41, 5.74) is 16.1. The van der Waals surface area contributed by atoms with Crippen LogP contribution in [0.15, 0.2) is 0 Å². The standard InChI is InChI=1S/2C9H21NO.C8H19NO.C8H17N.2C7H17NO.C7H17N.C6H15NO.2C6H15N.C5H13N.11C3H8/c1-9(2)5-6-10(3)7-8-11-4;1-8(2)5-6-10-9(3)7-11-4;1-7(2)5-8(9-3)6-10-4;1-7(2)5-6-9-8-3-4-8;1-6(2)4-7(5-9)8-3;1-7(2)3-4-8-5-6-9;1-6(2)5-7(3)8-4;1-5(2)3-6(7)4-8;1-6(2)4-5-7-3;1-5(2)4-6(3)7;1-5(2)3-4-6;11*1-3-2/h9H,5-8H2,1-4H3;8-10H,5-7H2,1-4H3;7-9H,5-6H2,1-4H3;7-9H,3-6H2,1-2H3;6-9H,4-5H2,1-3H3;7-9H,3-6H2,1-2H3;6-8H,5H2,1-4H3;5-6,8H,3-4,7H2,1-2H3;6-7H,4-5H2,1-3H3;5-6H,4,7H2,1-3H3;5H,3-4,6H2,1-2H3;11*3H2,1-2H3/t;9-;8-;;7-;;7-;6-;;6-;;;;;;;;;;;;/m.00.0.10.1............/s1. The summed E-state index contributed by atoms with van der Waals surface area (Å²) in [6.45, 7) is 113. The molecule has 810 valence electrons. The van der Waals surface area contributed by atoms with Crippen molar-refractivity contribution in [2.45, 2.75) is 522 Å². The van der Waals surface area contributed by atoms with Gasteiger partial charge in [0.15, 0.2) is 0 Å². The molecular weight excluding hydrogens is 1580 g/mol. The summed E-state index contributed by atoms with van der Waals surface area (Å²) in [6, 6.07) is 3.21. The third-order valence-corrected chi connectivity index (χ3v) is 14.1. The maximum atomic E-state index is 8.71. The molecule has 128 heavy (non-hydrogen) atoms. The predicted octanol–water partition coefficient (Wildman–Crippen LogP) is 28.7. The monoisotopic (exact) mass is 1860 g/mol. The number of hydrogen-bond acceptors (Lipinski definition) is 17. The second-order valence-corrected chi connectivity index (χ2v) is 38.9. The lowest BCUT2D eigenvalue weighted by Crippen LogP contribution is -2.31. The van der Waals surface area contributed by atoms with Gasteiger partial charge in [-0.1, -0.05) is 375 Å². The molecule has 0 radical (unpaired) electrons. The molecule has 0 aliphatic heterocycles. The minimum absolute atomic E-state index is 0.0185. The van der Waals surface area contributed by atoms with Crippen molar-refractivity contribution in [1.82, 2.24) is 42.1 Å². The van der Waals surface area contributed by atoms with E-state index in [1.807, 2.05) is 35.1 Å². The molecule has 0 unspecified atom stereocenters. The normalized spacial score (nSPS) is 11.6. The first kappa shape index (κ1) is 180. The van der Waals surface area contributed by atoms with Gasteiger partial charge in [0.05, 0.1) is 39.6 Å². The lowest BCUT2D eigenvalue weighted by atomic mass is 10.1. The van der Waals surface area contributed by atoms with Crippen molar-refractivity contribution in [3.8, 4) is 0 Å². The number of aliphatic hydroxyl groups excluding tert-OH is 3. The van der Waals surface area contributed by atoms with Crippen LogP contribution in [0.5, 0.6) is 0 Å². The molecule has 0 aromatic heterocycles. The van der Waals surface area contributed by atoms with E-state index < -0.39 is 0 Å². The molecule has 6 atom stereocenters. The molecule has 1 aliphatic carbocycles. The van der Waals surface area contributed by atoms with Crippen LogP contribution in [0.2, 0.25) is 0 Å². The van der Waals surface area contributed by atoms with Crippen LogP contribution in [0.25, 0.3) is 0 Å². The van der Waals surface area contributed by atoms with Crippen molar-refractivity contribution in [3.63, 3.8) is 0 Å². The average molecular weight is 1860 g/mol. The summed E-state index contributed by atoms with van der Waals surface area (Å²) >= 11 is 0. The van der Waals surface area contributed by atoms with Gasteiger partial charge in [0.1, 0.15) is 0 Å². The minimum Gasteiger partial charge on any atom is -0.395 e. The fourth-order valence-corrected chi connectivity index (χ4v) is 8.13. The molecule has 17 heteroatoms. The molecule has 0 saturated heterocycles. The maximum absolute atomic E-state index is 8.71. The molecule has 0 aromatic rings. The van der Waals surface area contributed by atoms with E-state index in [2.05, 4.69) is 368 Å². The van der Waals surface area contributed by atoms with E-state index in [0.29, 0.717) is 36.0 Å². The van der Waals surface area contributed by atoms with Gasteiger partial charge >= 0.3 is 0 Å². The Labute approximate surface area is 819 Å². The lowest BCUT2D eigenvalue weighted by Gasteiger charge is -2.16. The third-order valence-electron chi connectivity index (χ3n) is 14.1. The number of nitrogens with zero attached hydrogens (tertiary/aromatic N) is 1. The zero-order valence-electron chi connectivity index (χ0n) is 101. The van der Waals surface area contributed by atoms with Crippen LogP contribution in [-0.2, 0) is 14.2 Å². The number of hydrogen-bond donors (Lipinski definition) is 13. The second-order valence-electron chi connectivity index (χ2n) is 38.9. The number of rotatable bonds is 43. The zero-order valence-corrected chi connectivity index (χ0v) is 101. The summed E-state index contributed by atoms with van der Waals surface area (Å²) in [6.07, 6.45) is 29.6. The number of nitrogens with two attached hydrogens (primary N) is 3. The molecule has 1 fully saturated rings. The molecule has 1 aliphatic rings. The van der Waals surface area contributed by atoms with E-state index >= 15 is 0 Å². The van der Waals surface area contributed by atoms with Crippen LogP contribution in [0.3, 0.4) is 0 Å². The first-order chi connectivity index (χ1) is 59.8. The topological polar surface area (TPSA) is 254 Å². The molecule has 0 spiro atoms. The van der Waals surface area contributed by atoms with Crippen LogP contribution >= 0.6 is 0 Å². The highest BCUT2D eigenvalue weighted by atomic mass is 16.5. The van der Waals surface area contributed by atoms with Gasteiger partial charge in [0, 0.05) is 76.7 Å². The zero-order chi connectivity index (χ0) is 106. The lowest BCUT2D eigenvalue weighted by molar-refractivity contribution is 0.158. The Morgan fingerprint density at radius 3 is 0.836 bits per heavy atom. The fourth-order valence-electron chi connectivity index (χ4n) is 8.13. The maximum Gasteiger partial charge on any atom is 0.0615 e. The summed E-state index contributed by atoms with van der Waals surface area (Å²) < 4.78 is 15.0. The summed E-state index contributed by atoms with van der Waals surface area (Å²) in [7, 11) is 15.2. The molecule has 1 rings (SSSR count). The number of likely N-dealkylation sites (N-methyl/N-ethyl adjacent to an activating group) is 3. The SMILES string of the molecule is CC(C)CCN.CC(C)CCNC1CC1.CC(C)CCNCCO.CC(C)C[C@@H](C)N.CC(C)C[C@H](N)CO.CCC.CCC.CCC.CCC.CCC.CCC.CCC.CCC.CCC.CCC.CCC.CNCCC(C)C.CN[C@H](C)CC(C)C.CN[C@H](CO)CC(C)C.CN[C@H](COC)CC(C)C.COCCN(C)CCC(C)C.COC[C@H](C)NCCC(C)C. The number of aliphatic hydroxyl groups is 3. The Morgan fingerprint density at radius 1 is 0.328 bits per heavy atom. The molecule has 0 amide bonds. The molecule has 0 bridgehead atoms. The molecule has 0 heterocycles. The van der Waals surface area contributed by atoms with Gasteiger partial charge in [0.25, 0.3) is 0 Å². The first-order valence-electron chi connectivity index (χ1n) is 53.9. The Bertz CT molecular complexity index is 1400. The smallest absolute Gasteiger partial charge is 0.0615 e. The van der Waals surface area contributed by atoms with E-state index in [1.54, 1.807) is 21.3 Å². The van der Waals surface area contributed by atoms with Crippen molar-refractivity contribution < 1.29 is 29.5 Å². The van der Waals surface area contributed by atoms with Crippen LogP contribution in [-0.4, -0.2) is 211 Å². The van der Waals surface area contributed by atoms with Crippen molar-refractivity contribution >= 4 is 0 Å². The summed E-state index contributed by atoms with van der Waals surface area (Å²) in [4.78, 5) is 2.31. The number of ether oxygens (including phenoxy) is 3. The predicted molar refractivity (Wildman–Crippen MR) is 604 cm³/mol. The van der Waals surface area contributed by atoms with Gasteiger partial charge in [-0.15, -0.1) is 0 Å². The van der Waals surface area contributed by atoms with Gasteiger partial charge in [-0.2, -0.15) is 0 Å². The minimum atomic E-state index is -0.0185. The van der Waals surface area contributed by atoms with Crippen molar-refractivity contribution in [1.29, 1.82) is 0 Å². The second kappa shape index (κ2) is 182. The number of methoxy groups -OCH3 is 3. The average Bonchev–Trinajstić information content (AvgIpc) is 1.80. The molecule has 17 nitrogen and oxygen atoms in total. The highest BCUT2D eigenvalue weighted by Crippen LogP contribution is 2.18. The fraction of sp³-hybridized carbons (Fsp3) is 1.00. The van der Waals surface area contributed by atoms with E-state index in [0.717, 1.165) is 144 Å². The Hall–Kier alpha value is -0.680. The van der Waals surface area contributed by atoms with E-state index in [1.165, 1.54) is 142 Å². The van der Waals surface area contributed by atoms with Gasteiger partial charge in [0.2, 0.25) is 0 Å². The highest BCUT2D eigenvalue weighted by molar-refractivity contribution is 4.80. The quantitative estimate of drug-likeness (QED) is 0.0253. The highest BCUT2D eigenvalue weighted by Gasteiger charge is 2.19. The van der Waals surface area contributed by atoms with E-state index in [-0.39, 0.29) is 31.9 Å². The van der Waals surface area contributed by atoms with Crippen LogP contribution in [0.1, 0.15) is 480 Å². The van der Waals surface area contributed by atoms with Gasteiger partial charge in [-0.05, 0) is 244 Å². The molecule has 1 saturated carbocycles. The molecular formula is C111H275N11O6. The Balaban J connectivity index is -0.0000000501. The Kier molecular flexibility index (Phi) is 256. The van der Waals surface area contributed by atoms with Gasteiger partial charge < -0.3 is 88.8 Å².